The average molecular weight is 264 g/mol. The molecule has 1 aromatic rings. The van der Waals surface area contributed by atoms with Gasteiger partial charge in [-0.1, -0.05) is 25.3 Å². The van der Waals surface area contributed by atoms with Gasteiger partial charge >= 0.3 is 5.97 Å². The molecule has 0 unspecified atom stereocenters. The number of rotatable bonds is 5. The monoisotopic (exact) mass is 264 g/mol. The van der Waals surface area contributed by atoms with Crippen LogP contribution < -0.4 is 5.32 Å². The Labute approximate surface area is 112 Å². The molecule has 1 saturated carbocycles. The number of carboxylic acid groups (broad SMARTS) is 1. The molecule has 1 aromatic heterocycles. The second-order valence-electron chi connectivity index (χ2n) is 5.21. The van der Waals surface area contributed by atoms with Crippen LogP contribution in [0.2, 0.25) is 0 Å². The van der Waals surface area contributed by atoms with Gasteiger partial charge in [0, 0.05) is 13.1 Å². The Morgan fingerprint density at radius 2 is 2.05 bits per heavy atom. The average Bonchev–Trinajstić information content (AvgIpc) is 2.39. The molecule has 0 spiro atoms. The summed E-state index contributed by atoms with van der Waals surface area (Å²) in [5, 5.41) is 22.3. The van der Waals surface area contributed by atoms with Crippen molar-refractivity contribution in [1.29, 1.82) is 0 Å². The topological polar surface area (TPSA) is 82.5 Å². The Balaban J connectivity index is 1.85. The molecule has 0 aliphatic heterocycles. The number of aliphatic hydroxyl groups is 1. The van der Waals surface area contributed by atoms with Crippen LogP contribution in [0.5, 0.6) is 0 Å². The van der Waals surface area contributed by atoms with Crippen LogP contribution in [0.25, 0.3) is 0 Å². The smallest absolute Gasteiger partial charge is 0.354 e. The van der Waals surface area contributed by atoms with E-state index in [0.29, 0.717) is 18.8 Å². The van der Waals surface area contributed by atoms with E-state index in [0.717, 1.165) is 25.7 Å². The van der Waals surface area contributed by atoms with Crippen LogP contribution in [0.1, 0.15) is 48.3 Å². The SMILES string of the molecule is O=C(O)c1cccc(CNCC2(O)CCCCC2)n1. The number of pyridine rings is 1. The first-order chi connectivity index (χ1) is 9.09. The first-order valence-corrected chi connectivity index (χ1v) is 6.71. The number of nitrogens with one attached hydrogen (secondary N) is 1. The van der Waals surface area contributed by atoms with Crippen molar-refractivity contribution in [2.24, 2.45) is 0 Å². The molecule has 0 aromatic carbocycles. The highest BCUT2D eigenvalue weighted by Gasteiger charge is 2.28. The van der Waals surface area contributed by atoms with Gasteiger partial charge in [0.15, 0.2) is 0 Å². The van der Waals surface area contributed by atoms with Crippen LogP contribution in [0.3, 0.4) is 0 Å². The maximum atomic E-state index is 10.8. The highest BCUT2D eigenvalue weighted by atomic mass is 16.4. The number of nitrogens with zero attached hydrogens (tertiary/aromatic N) is 1. The van der Waals surface area contributed by atoms with E-state index in [2.05, 4.69) is 10.3 Å². The molecule has 1 fully saturated rings. The lowest BCUT2D eigenvalue weighted by Gasteiger charge is -2.32. The van der Waals surface area contributed by atoms with Crippen LogP contribution in [0.4, 0.5) is 0 Å². The molecule has 19 heavy (non-hydrogen) atoms. The van der Waals surface area contributed by atoms with E-state index in [4.69, 9.17) is 5.11 Å². The highest BCUT2D eigenvalue weighted by Crippen LogP contribution is 2.27. The molecule has 0 atom stereocenters. The van der Waals surface area contributed by atoms with Crippen LogP contribution in [-0.4, -0.2) is 33.3 Å². The van der Waals surface area contributed by atoms with Gasteiger partial charge in [-0.3, -0.25) is 0 Å². The summed E-state index contributed by atoms with van der Waals surface area (Å²) >= 11 is 0. The molecule has 5 nitrogen and oxygen atoms in total. The van der Waals surface area contributed by atoms with Crippen molar-refractivity contribution < 1.29 is 15.0 Å². The van der Waals surface area contributed by atoms with Gasteiger partial charge < -0.3 is 15.5 Å². The number of aromatic nitrogens is 1. The summed E-state index contributed by atoms with van der Waals surface area (Å²) in [7, 11) is 0. The first-order valence-electron chi connectivity index (χ1n) is 6.71. The zero-order chi connectivity index (χ0) is 13.7. The highest BCUT2D eigenvalue weighted by molar-refractivity contribution is 5.85. The maximum absolute atomic E-state index is 10.8. The lowest BCUT2D eigenvalue weighted by Crippen LogP contribution is -2.42. The normalized spacial score (nSPS) is 18.2. The van der Waals surface area contributed by atoms with Crippen molar-refractivity contribution in [1.82, 2.24) is 10.3 Å². The van der Waals surface area contributed by atoms with Gasteiger partial charge in [-0.2, -0.15) is 0 Å². The van der Waals surface area contributed by atoms with Crippen LogP contribution >= 0.6 is 0 Å². The predicted octanol–water partition coefficient (Wildman–Crippen LogP) is 1.56. The van der Waals surface area contributed by atoms with Crippen LogP contribution in [-0.2, 0) is 6.54 Å². The third kappa shape index (κ3) is 4.01. The molecule has 1 heterocycles. The van der Waals surface area contributed by atoms with E-state index in [-0.39, 0.29) is 5.69 Å². The lowest BCUT2D eigenvalue weighted by molar-refractivity contribution is 0.00460. The van der Waals surface area contributed by atoms with Gasteiger partial charge in [-0.05, 0) is 25.0 Å². The van der Waals surface area contributed by atoms with Crippen molar-refractivity contribution in [3.05, 3.63) is 29.6 Å². The molecular weight excluding hydrogens is 244 g/mol. The molecule has 3 N–H and O–H groups in total. The first kappa shape index (κ1) is 14.0. The summed E-state index contributed by atoms with van der Waals surface area (Å²) in [4.78, 5) is 14.8. The minimum atomic E-state index is -1.02. The molecule has 0 amide bonds. The van der Waals surface area contributed by atoms with Crippen LogP contribution in [0.15, 0.2) is 18.2 Å². The molecule has 5 heteroatoms. The summed E-state index contributed by atoms with van der Waals surface area (Å²) < 4.78 is 0. The standard InChI is InChI=1S/C14H20N2O3/c17-13(18)12-6-4-5-11(16-12)9-15-10-14(19)7-2-1-3-8-14/h4-6,15,19H,1-3,7-10H2,(H,17,18). The summed E-state index contributed by atoms with van der Waals surface area (Å²) in [5.74, 6) is -1.02. The fourth-order valence-electron chi connectivity index (χ4n) is 2.51. The van der Waals surface area contributed by atoms with E-state index >= 15 is 0 Å². The Hall–Kier alpha value is -1.46. The number of carbonyl (C=O) groups is 1. The van der Waals surface area contributed by atoms with E-state index in [9.17, 15) is 9.90 Å². The molecule has 104 valence electrons. The van der Waals surface area contributed by atoms with Gasteiger partial charge in [0.2, 0.25) is 0 Å². The van der Waals surface area contributed by atoms with Crippen molar-refractivity contribution in [3.63, 3.8) is 0 Å². The van der Waals surface area contributed by atoms with Gasteiger partial charge in [0.25, 0.3) is 0 Å². The van der Waals surface area contributed by atoms with E-state index in [1.807, 2.05) is 0 Å². The molecule has 0 saturated heterocycles. The van der Waals surface area contributed by atoms with E-state index in [1.54, 1.807) is 12.1 Å². The van der Waals surface area contributed by atoms with E-state index in [1.165, 1.54) is 12.5 Å². The number of hydrogen-bond donors (Lipinski definition) is 3. The third-order valence-corrected chi connectivity index (χ3v) is 3.57. The minimum absolute atomic E-state index is 0.0516. The Kier molecular flexibility index (Phi) is 4.50. The maximum Gasteiger partial charge on any atom is 0.354 e. The quantitative estimate of drug-likeness (QED) is 0.752. The molecule has 2 rings (SSSR count). The molecule has 1 aliphatic rings. The largest absolute Gasteiger partial charge is 0.477 e. The van der Waals surface area contributed by atoms with Crippen molar-refractivity contribution in [2.75, 3.05) is 6.54 Å². The predicted molar refractivity (Wildman–Crippen MR) is 70.9 cm³/mol. The van der Waals surface area contributed by atoms with Gasteiger partial charge in [0.1, 0.15) is 5.69 Å². The number of aromatic carboxylic acids is 1. The fraction of sp³-hybridized carbons (Fsp3) is 0.571. The zero-order valence-electron chi connectivity index (χ0n) is 10.9. The van der Waals surface area contributed by atoms with Crippen LogP contribution in [0, 0.1) is 0 Å². The number of carboxylic acids is 1. The Morgan fingerprint density at radius 3 is 2.74 bits per heavy atom. The summed E-state index contributed by atoms with van der Waals surface area (Å²) in [5.41, 5.74) is 0.123. The molecule has 0 radical (unpaired) electrons. The summed E-state index contributed by atoms with van der Waals surface area (Å²) in [6, 6.07) is 4.94. The Morgan fingerprint density at radius 1 is 1.32 bits per heavy atom. The molecule has 0 bridgehead atoms. The Bertz CT molecular complexity index is 442. The van der Waals surface area contributed by atoms with Crippen molar-refractivity contribution in [2.45, 2.75) is 44.2 Å². The van der Waals surface area contributed by atoms with Crippen molar-refractivity contribution in [3.8, 4) is 0 Å². The zero-order valence-corrected chi connectivity index (χ0v) is 10.9. The van der Waals surface area contributed by atoms with Gasteiger partial charge in [-0.25, -0.2) is 9.78 Å². The van der Waals surface area contributed by atoms with Crippen molar-refractivity contribution >= 4 is 5.97 Å². The fourth-order valence-corrected chi connectivity index (χ4v) is 2.51. The minimum Gasteiger partial charge on any atom is -0.477 e. The van der Waals surface area contributed by atoms with E-state index < -0.39 is 11.6 Å². The molecular formula is C14H20N2O3. The summed E-state index contributed by atoms with van der Waals surface area (Å²) in [6.07, 6.45) is 5.02. The number of hydrogen-bond acceptors (Lipinski definition) is 4. The summed E-state index contributed by atoms with van der Waals surface area (Å²) in [6.45, 7) is 1.01. The third-order valence-electron chi connectivity index (χ3n) is 3.57. The second-order valence-corrected chi connectivity index (χ2v) is 5.21. The molecule has 1 aliphatic carbocycles. The lowest BCUT2D eigenvalue weighted by atomic mass is 9.85. The van der Waals surface area contributed by atoms with Gasteiger partial charge in [0.05, 0.1) is 11.3 Å². The van der Waals surface area contributed by atoms with Gasteiger partial charge in [-0.15, -0.1) is 0 Å². The second kappa shape index (κ2) is 6.12.